The molecule has 1 atom stereocenters. The van der Waals surface area contributed by atoms with Gasteiger partial charge in [-0.1, -0.05) is 25.1 Å². The summed E-state index contributed by atoms with van der Waals surface area (Å²) in [7, 11) is 0. The van der Waals surface area contributed by atoms with Crippen molar-refractivity contribution in [2.45, 2.75) is 32.6 Å². The van der Waals surface area contributed by atoms with Crippen LogP contribution in [0.4, 0.5) is 5.82 Å². The van der Waals surface area contributed by atoms with Gasteiger partial charge >= 0.3 is 0 Å². The number of anilines is 1. The van der Waals surface area contributed by atoms with Gasteiger partial charge in [0.15, 0.2) is 0 Å². The summed E-state index contributed by atoms with van der Waals surface area (Å²) in [5.74, 6) is 1.59. The average Bonchev–Trinajstić information content (AvgIpc) is 2.45. The summed E-state index contributed by atoms with van der Waals surface area (Å²) in [6.45, 7) is 2.29. The second kappa shape index (κ2) is 5.39. The Balaban J connectivity index is 1.76. The van der Waals surface area contributed by atoms with Gasteiger partial charge in [0.1, 0.15) is 5.82 Å². The molecule has 19 heavy (non-hydrogen) atoms. The summed E-state index contributed by atoms with van der Waals surface area (Å²) >= 11 is 0. The lowest BCUT2D eigenvalue weighted by Crippen LogP contribution is -2.14. The minimum Gasteiger partial charge on any atom is -0.261 e. The van der Waals surface area contributed by atoms with E-state index in [4.69, 9.17) is 0 Å². The molecule has 0 radical (unpaired) electrons. The average molecular weight is 253 g/mol. The third-order valence-electron chi connectivity index (χ3n) is 3.67. The number of nitrogens with one attached hydrogen (secondary N) is 1. The number of benzene rings is 1. The van der Waals surface area contributed by atoms with Crippen molar-refractivity contribution in [1.82, 2.24) is 4.98 Å². The first kappa shape index (κ1) is 12.2. The van der Waals surface area contributed by atoms with E-state index in [2.05, 4.69) is 34.6 Å². The molecule has 1 N–H and O–H groups in total. The molecule has 0 bridgehead atoms. The van der Waals surface area contributed by atoms with Crippen LogP contribution in [0.1, 0.15) is 32.6 Å². The van der Waals surface area contributed by atoms with Crippen LogP contribution in [0.5, 0.6) is 0 Å². The van der Waals surface area contributed by atoms with Crippen LogP contribution in [0, 0.1) is 5.92 Å². The number of hydrogen-bond donors (Lipinski definition) is 1. The van der Waals surface area contributed by atoms with Crippen LogP contribution in [0.3, 0.4) is 0 Å². The molecule has 0 unspecified atom stereocenters. The van der Waals surface area contributed by atoms with Gasteiger partial charge in [-0.2, -0.15) is 5.10 Å². The van der Waals surface area contributed by atoms with Gasteiger partial charge in [-0.15, -0.1) is 0 Å². The Kier molecular flexibility index (Phi) is 3.45. The van der Waals surface area contributed by atoms with Gasteiger partial charge in [-0.25, -0.2) is 4.98 Å². The van der Waals surface area contributed by atoms with E-state index in [9.17, 15) is 0 Å². The van der Waals surface area contributed by atoms with Crippen molar-refractivity contribution in [2.24, 2.45) is 11.0 Å². The summed E-state index contributed by atoms with van der Waals surface area (Å²) in [6.07, 6.45) is 4.81. The van der Waals surface area contributed by atoms with E-state index in [1.54, 1.807) is 0 Å². The smallest absolute Gasteiger partial charge is 0.146 e. The Hall–Kier alpha value is -1.90. The SMILES string of the molecule is C[C@H]1CCC/C(=N/Nc2ccc3ccccc3n2)C1. The van der Waals surface area contributed by atoms with Crippen LogP contribution < -0.4 is 5.43 Å². The first-order valence-electron chi connectivity index (χ1n) is 6.98. The number of para-hydroxylation sites is 1. The Labute approximate surface area is 113 Å². The van der Waals surface area contributed by atoms with Gasteiger partial charge in [0.2, 0.25) is 0 Å². The predicted molar refractivity (Wildman–Crippen MR) is 80.4 cm³/mol. The lowest BCUT2D eigenvalue weighted by molar-refractivity contribution is 0.500. The topological polar surface area (TPSA) is 37.3 Å². The molecular formula is C16H19N3. The molecular weight excluding hydrogens is 234 g/mol. The molecule has 1 aromatic carbocycles. The molecule has 0 spiro atoms. The van der Waals surface area contributed by atoms with Crippen molar-refractivity contribution in [3.63, 3.8) is 0 Å². The molecule has 0 saturated heterocycles. The van der Waals surface area contributed by atoms with E-state index in [1.807, 2.05) is 24.3 Å². The predicted octanol–water partition coefficient (Wildman–Crippen LogP) is 4.21. The molecule has 1 aliphatic rings. The number of hydrogen-bond acceptors (Lipinski definition) is 3. The minimum absolute atomic E-state index is 0.763. The van der Waals surface area contributed by atoms with E-state index >= 15 is 0 Å². The quantitative estimate of drug-likeness (QED) is 0.814. The van der Waals surface area contributed by atoms with Crippen LogP contribution in [0.25, 0.3) is 10.9 Å². The molecule has 0 amide bonds. The maximum Gasteiger partial charge on any atom is 0.146 e. The van der Waals surface area contributed by atoms with Crippen molar-refractivity contribution in [3.05, 3.63) is 36.4 Å². The van der Waals surface area contributed by atoms with Crippen molar-refractivity contribution in [2.75, 3.05) is 5.43 Å². The van der Waals surface area contributed by atoms with Crippen molar-refractivity contribution in [3.8, 4) is 0 Å². The van der Waals surface area contributed by atoms with Crippen LogP contribution in [0.2, 0.25) is 0 Å². The zero-order valence-corrected chi connectivity index (χ0v) is 11.3. The highest BCUT2D eigenvalue weighted by atomic mass is 15.3. The van der Waals surface area contributed by atoms with Crippen LogP contribution in [0.15, 0.2) is 41.5 Å². The Morgan fingerprint density at radius 1 is 1.21 bits per heavy atom. The normalized spacial score (nSPS) is 21.7. The Morgan fingerprint density at radius 3 is 3.00 bits per heavy atom. The summed E-state index contributed by atoms with van der Waals surface area (Å²) in [4.78, 5) is 4.56. The first-order valence-corrected chi connectivity index (χ1v) is 6.98. The molecule has 2 aromatic rings. The van der Waals surface area contributed by atoms with Crippen LogP contribution in [-0.4, -0.2) is 10.7 Å². The maximum absolute atomic E-state index is 4.56. The number of aromatic nitrogens is 1. The monoisotopic (exact) mass is 253 g/mol. The number of pyridine rings is 1. The highest BCUT2D eigenvalue weighted by Gasteiger charge is 2.13. The molecule has 3 rings (SSSR count). The van der Waals surface area contributed by atoms with E-state index in [-0.39, 0.29) is 0 Å². The molecule has 1 aromatic heterocycles. The highest BCUT2D eigenvalue weighted by Crippen LogP contribution is 2.21. The Bertz CT molecular complexity index is 604. The van der Waals surface area contributed by atoms with Gasteiger partial charge in [0.05, 0.1) is 5.52 Å². The first-order chi connectivity index (χ1) is 9.31. The standard InChI is InChI=1S/C16H19N3/c1-12-5-4-7-14(11-12)18-19-16-10-9-13-6-2-3-8-15(13)17-16/h2-3,6,8-10,12H,4-5,7,11H2,1H3,(H,17,19)/b18-14-/t12-/m0/s1. The lowest BCUT2D eigenvalue weighted by atomic mass is 9.89. The Morgan fingerprint density at radius 2 is 2.11 bits per heavy atom. The third-order valence-corrected chi connectivity index (χ3v) is 3.67. The lowest BCUT2D eigenvalue weighted by Gasteiger charge is -2.19. The summed E-state index contributed by atoms with van der Waals surface area (Å²) in [5.41, 5.74) is 5.38. The molecule has 0 aliphatic heterocycles. The van der Waals surface area contributed by atoms with Crippen molar-refractivity contribution in [1.29, 1.82) is 0 Å². The minimum atomic E-state index is 0.763. The highest BCUT2D eigenvalue weighted by molar-refractivity contribution is 5.86. The number of rotatable bonds is 2. The largest absolute Gasteiger partial charge is 0.261 e. The van der Waals surface area contributed by atoms with Crippen LogP contribution >= 0.6 is 0 Å². The zero-order valence-electron chi connectivity index (χ0n) is 11.3. The van der Waals surface area contributed by atoms with Gasteiger partial charge in [0.25, 0.3) is 0 Å². The van der Waals surface area contributed by atoms with Crippen LogP contribution in [-0.2, 0) is 0 Å². The van der Waals surface area contributed by atoms with Crippen molar-refractivity contribution < 1.29 is 0 Å². The van der Waals surface area contributed by atoms with E-state index in [0.717, 1.165) is 35.5 Å². The fourth-order valence-corrected chi connectivity index (χ4v) is 2.63. The van der Waals surface area contributed by atoms with E-state index in [0.29, 0.717) is 0 Å². The van der Waals surface area contributed by atoms with E-state index in [1.165, 1.54) is 18.6 Å². The maximum atomic E-state index is 4.56. The van der Waals surface area contributed by atoms with Gasteiger partial charge in [-0.3, -0.25) is 5.43 Å². The van der Waals surface area contributed by atoms with Gasteiger partial charge < -0.3 is 0 Å². The second-order valence-corrected chi connectivity index (χ2v) is 5.38. The second-order valence-electron chi connectivity index (χ2n) is 5.38. The van der Waals surface area contributed by atoms with E-state index < -0.39 is 0 Å². The molecule has 3 heteroatoms. The summed E-state index contributed by atoms with van der Waals surface area (Å²) < 4.78 is 0. The number of fused-ring (bicyclic) bond motifs is 1. The molecule has 1 aliphatic carbocycles. The fourth-order valence-electron chi connectivity index (χ4n) is 2.63. The van der Waals surface area contributed by atoms with Gasteiger partial charge in [0, 0.05) is 11.1 Å². The third kappa shape index (κ3) is 2.92. The summed E-state index contributed by atoms with van der Waals surface area (Å²) in [6, 6.07) is 12.2. The van der Waals surface area contributed by atoms with Crippen molar-refractivity contribution >= 4 is 22.4 Å². The molecule has 1 fully saturated rings. The van der Waals surface area contributed by atoms with Gasteiger partial charge in [-0.05, 0) is 49.8 Å². The number of hydrazone groups is 1. The summed E-state index contributed by atoms with van der Waals surface area (Å²) in [5, 5.41) is 5.67. The zero-order chi connectivity index (χ0) is 13.1. The molecule has 3 nitrogen and oxygen atoms in total. The fraction of sp³-hybridized carbons (Fsp3) is 0.375. The molecule has 98 valence electrons. The number of nitrogens with zero attached hydrogens (tertiary/aromatic N) is 2. The molecule has 1 saturated carbocycles. The molecule has 1 heterocycles.